The van der Waals surface area contributed by atoms with Gasteiger partial charge >= 0.3 is 18.1 Å². The van der Waals surface area contributed by atoms with Gasteiger partial charge in [0.25, 0.3) is 0 Å². The van der Waals surface area contributed by atoms with E-state index in [9.17, 15) is 22.8 Å². The van der Waals surface area contributed by atoms with Crippen LogP contribution in [0.5, 0.6) is 0 Å². The quantitative estimate of drug-likeness (QED) is 0.781. The van der Waals surface area contributed by atoms with Crippen LogP contribution in [0.15, 0.2) is 18.2 Å². The van der Waals surface area contributed by atoms with Gasteiger partial charge in [0.15, 0.2) is 0 Å². The number of methoxy groups -OCH3 is 1. The predicted octanol–water partition coefficient (Wildman–Crippen LogP) is 3.33. The molecule has 1 aliphatic rings. The average Bonchev–Trinajstić information content (AvgIpc) is 2.58. The van der Waals surface area contributed by atoms with Gasteiger partial charge in [0.2, 0.25) is 0 Å². The highest BCUT2D eigenvalue weighted by Gasteiger charge is 2.39. The summed E-state index contributed by atoms with van der Waals surface area (Å²) < 4.78 is 50.6. The zero-order valence-electron chi connectivity index (χ0n) is 16.3. The van der Waals surface area contributed by atoms with E-state index < -0.39 is 41.4 Å². The maximum absolute atomic E-state index is 13.6. The van der Waals surface area contributed by atoms with Crippen molar-refractivity contribution in [1.82, 2.24) is 0 Å². The number of esters is 2. The molecule has 1 fully saturated rings. The number of ether oxygens (including phenoxy) is 2. The summed E-state index contributed by atoms with van der Waals surface area (Å²) in [6.45, 7) is 5.40. The summed E-state index contributed by atoms with van der Waals surface area (Å²) in [4.78, 5) is 25.3. The molecule has 9 heteroatoms. The number of halogens is 3. The number of rotatable bonds is 3. The maximum Gasteiger partial charge on any atom is 0.418 e. The van der Waals surface area contributed by atoms with E-state index in [0.717, 1.165) is 13.2 Å². The molecule has 2 N–H and O–H groups in total. The summed E-state index contributed by atoms with van der Waals surface area (Å²) in [6.07, 6.45) is -4.98. The first-order valence-electron chi connectivity index (χ1n) is 8.88. The summed E-state index contributed by atoms with van der Waals surface area (Å²) in [6, 6.07) is 3.24. The Labute approximate surface area is 161 Å². The molecule has 0 spiro atoms. The molecule has 0 bridgehead atoms. The molecule has 0 saturated carbocycles. The van der Waals surface area contributed by atoms with Crippen molar-refractivity contribution in [3.63, 3.8) is 0 Å². The number of carbonyl (C=O) groups excluding carboxylic acids is 2. The normalized spacial score (nSPS) is 20.6. The Kier molecular flexibility index (Phi) is 6.27. The monoisotopic (exact) mass is 402 g/mol. The number of hydrogen-bond donors (Lipinski definition) is 1. The van der Waals surface area contributed by atoms with Crippen molar-refractivity contribution >= 4 is 17.6 Å². The minimum absolute atomic E-state index is 0.129. The molecule has 1 aromatic carbocycles. The third kappa shape index (κ3) is 5.15. The SMILES string of the molecule is COC(=O)c1ccc(N2CCC(C(=O)OC(C)(C)C)CC2N)c(C(F)(F)F)c1. The van der Waals surface area contributed by atoms with E-state index in [0.29, 0.717) is 6.42 Å². The number of alkyl halides is 3. The highest BCUT2D eigenvalue weighted by molar-refractivity contribution is 5.90. The zero-order chi connectivity index (χ0) is 21.3. The lowest BCUT2D eigenvalue weighted by Crippen LogP contribution is -2.50. The fourth-order valence-electron chi connectivity index (χ4n) is 3.15. The molecule has 1 aromatic rings. The van der Waals surface area contributed by atoms with Crippen molar-refractivity contribution < 1.29 is 32.2 Å². The van der Waals surface area contributed by atoms with Crippen LogP contribution in [0.2, 0.25) is 0 Å². The number of hydrogen-bond acceptors (Lipinski definition) is 6. The second kappa shape index (κ2) is 7.98. The van der Waals surface area contributed by atoms with Gasteiger partial charge in [-0.1, -0.05) is 0 Å². The molecule has 1 aliphatic heterocycles. The molecule has 0 radical (unpaired) electrons. The second-order valence-electron chi connectivity index (χ2n) is 7.74. The smallest absolute Gasteiger partial charge is 0.418 e. The van der Waals surface area contributed by atoms with E-state index >= 15 is 0 Å². The van der Waals surface area contributed by atoms with Gasteiger partial charge in [-0.15, -0.1) is 0 Å². The van der Waals surface area contributed by atoms with Crippen molar-refractivity contribution in [2.45, 2.75) is 51.6 Å². The van der Waals surface area contributed by atoms with Crippen LogP contribution in [0.25, 0.3) is 0 Å². The highest BCUT2D eigenvalue weighted by Crippen LogP contribution is 2.39. The van der Waals surface area contributed by atoms with Crippen molar-refractivity contribution in [3.8, 4) is 0 Å². The van der Waals surface area contributed by atoms with E-state index in [-0.39, 0.29) is 24.2 Å². The van der Waals surface area contributed by atoms with Gasteiger partial charge in [0.1, 0.15) is 5.60 Å². The maximum atomic E-state index is 13.6. The van der Waals surface area contributed by atoms with E-state index in [4.69, 9.17) is 10.5 Å². The van der Waals surface area contributed by atoms with Crippen molar-refractivity contribution in [3.05, 3.63) is 29.3 Å². The number of anilines is 1. The predicted molar refractivity (Wildman–Crippen MR) is 96.7 cm³/mol. The number of carbonyl (C=O) groups is 2. The lowest BCUT2D eigenvalue weighted by atomic mass is 9.93. The Balaban J connectivity index is 2.26. The first kappa shape index (κ1) is 22.0. The molecule has 1 saturated heterocycles. The first-order chi connectivity index (χ1) is 12.8. The van der Waals surface area contributed by atoms with Gasteiger partial charge in [-0.05, 0) is 51.8 Å². The Morgan fingerprint density at radius 1 is 1.21 bits per heavy atom. The van der Waals surface area contributed by atoms with Crippen LogP contribution in [0, 0.1) is 5.92 Å². The molecule has 2 atom stereocenters. The molecule has 0 aliphatic carbocycles. The molecule has 28 heavy (non-hydrogen) atoms. The summed E-state index contributed by atoms with van der Waals surface area (Å²) in [5.74, 6) is -1.74. The van der Waals surface area contributed by atoms with Gasteiger partial charge in [0.05, 0.1) is 36.0 Å². The fourth-order valence-corrected chi connectivity index (χ4v) is 3.15. The average molecular weight is 402 g/mol. The zero-order valence-corrected chi connectivity index (χ0v) is 16.3. The van der Waals surface area contributed by atoms with Crippen LogP contribution in [0.4, 0.5) is 18.9 Å². The molecule has 2 rings (SSSR count). The van der Waals surface area contributed by atoms with Gasteiger partial charge in [-0.3, -0.25) is 4.79 Å². The van der Waals surface area contributed by atoms with E-state index in [2.05, 4.69) is 4.74 Å². The second-order valence-corrected chi connectivity index (χ2v) is 7.74. The standard InChI is InChI=1S/C19H25F3N2O4/c1-18(2,3)28-17(26)12-7-8-24(15(23)10-12)14-6-5-11(16(25)27-4)9-13(14)19(20,21)22/h5-6,9,12,15H,7-8,10,23H2,1-4H3. The van der Waals surface area contributed by atoms with Crippen molar-refractivity contribution in [2.24, 2.45) is 11.7 Å². The van der Waals surface area contributed by atoms with E-state index in [1.165, 1.54) is 17.0 Å². The lowest BCUT2D eigenvalue weighted by molar-refractivity contribution is -0.161. The van der Waals surface area contributed by atoms with Crippen LogP contribution in [-0.4, -0.2) is 37.4 Å². The molecule has 156 valence electrons. The Morgan fingerprint density at radius 2 is 1.86 bits per heavy atom. The van der Waals surface area contributed by atoms with Crippen LogP contribution < -0.4 is 10.6 Å². The van der Waals surface area contributed by atoms with Crippen LogP contribution in [-0.2, 0) is 20.4 Å². The molecular formula is C19H25F3N2O4. The molecule has 0 aromatic heterocycles. The molecule has 0 amide bonds. The third-order valence-corrected chi connectivity index (χ3v) is 4.42. The summed E-state index contributed by atoms with van der Waals surface area (Å²) in [5, 5.41) is 0. The number of piperidine rings is 1. The number of benzene rings is 1. The van der Waals surface area contributed by atoms with Crippen LogP contribution >= 0.6 is 0 Å². The van der Waals surface area contributed by atoms with Crippen molar-refractivity contribution in [2.75, 3.05) is 18.6 Å². The van der Waals surface area contributed by atoms with Gasteiger partial charge < -0.3 is 20.1 Å². The Hall–Kier alpha value is -2.29. The minimum Gasteiger partial charge on any atom is -0.465 e. The Morgan fingerprint density at radius 3 is 2.36 bits per heavy atom. The summed E-state index contributed by atoms with van der Waals surface area (Å²) in [5.41, 5.74) is 4.15. The van der Waals surface area contributed by atoms with Crippen molar-refractivity contribution in [1.29, 1.82) is 0 Å². The molecule has 6 nitrogen and oxygen atoms in total. The Bertz CT molecular complexity index is 744. The molecule has 2 unspecified atom stereocenters. The first-order valence-corrected chi connectivity index (χ1v) is 8.88. The highest BCUT2D eigenvalue weighted by atomic mass is 19.4. The van der Waals surface area contributed by atoms with Gasteiger partial charge in [-0.2, -0.15) is 13.2 Å². The van der Waals surface area contributed by atoms with E-state index in [1.54, 1.807) is 20.8 Å². The topological polar surface area (TPSA) is 81.9 Å². The molecule has 1 heterocycles. The number of nitrogens with two attached hydrogens (primary N) is 1. The largest absolute Gasteiger partial charge is 0.465 e. The van der Waals surface area contributed by atoms with Crippen LogP contribution in [0.1, 0.15) is 49.5 Å². The third-order valence-electron chi connectivity index (χ3n) is 4.42. The van der Waals surface area contributed by atoms with Gasteiger partial charge in [0, 0.05) is 6.54 Å². The summed E-state index contributed by atoms with van der Waals surface area (Å²) in [7, 11) is 1.10. The lowest BCUT2D eigenvalue weighted by Gasteiger charge is -2.39. The fraction of sp³-hybridized carbons (Fsp3) is 0.579. The van der Waals surface area contributed by atoms with E-state index in [1.807, 2.05) is 0 Å². The minimum atomic E-state index is -4.68. The molecular weight excluding hydrogens is 377 g/mol. The van der Waals surface area contributed by atoms with Gasteiger partial charge in [-0.25, -0.2) is 4.79 Å². The summed E-state index contributed by atoms with van der Waals surface area (Å²) >= 11 is 0. The van der Waals surface area contributed by atoms with Crippen LogP contribution in [0.3, 0.4) is 0 Å². The number of nitrogens with zero attached hydrogens (tertiary/aromatic N) is 1.